The molecule has 7 nitrogen and oxygen atoms in total. The van der Waals surface area contributed by atoms with Crippen LogP contribution in [0.25, 0.3) is 0 Å². The van der Waals surface area contributed by atoms with Gasteiger partial charge in [0.1, 0.15) is 24.4 Å². The van der Waals surface area contributed by atoms with Crippen LogP contribution in [0, 0.1) is 0 Å². The van der Waals surface area contributed by atoms with Crippen molar-refractivity contribution in [1.82, 2.24) is 0 Å². The molecule has 0 spiro atoms. The lowest BCUT2D eigenvalue weighted by molar-refractivity contribution is -0.426. The van der Waals surface area contributed by atoms with E-state index in [0.717, 1.165) is 44.6 Å². The summed E-state index contributed by atoms with van der Waals surface area (Å²) < 4.78 is 65.0. The van der Waals surface area contributed by atoms with E-state index in [0.29, 0.717) is 26.1 Å². The Balaban J connectivity index is 2.14. The molecule has 45 heavy (non-hydrogen) atoms. The maximum absolute atomic E-state index is 17.2. The molecule has 0 saturated carbocycles. The number of aliphatic hydroxyl groups is 1. The highest BCUT2D eigenvalue weighted by molar-refractivity contribution is 6.10. The van der Waals surface area contributed by atoms with E-state index in [1.807, 2.05) is 27.7 Å². The average molecular weight is 635 g/mol. The van der Waals surface area contributed by atoms with Crippen LogP contribution in [0.1, 0.15) is 101 Å². The third kappa shape index (κ3) is 9.40. The molecule has 2 aromatic rings. The van der Waals surface area contributed by atoms with Crippen LogP contribution in [0.3, 0.4) is 0 Å². The van der Waals surface area contributed by atoms with Crippen molar-refractivity contribution < 1.29 is 42.4 Å². The first kappa shape index (κ1) is 37.2. The van der Waals surface area contributed by atoms with Crippen LogP contribution in [0.15, 0.2) is 54.6 Å². The SMILES string of the molecule is CCCCOC[C@H]1O[C@@](O)(C(F)(F)c2ccccc2C(=O)c2ccccc2)[C@H](OCCCC)[C@@H](OCCCC)[C@@H]1OCCCC. The van der Waals surface area contributed by atoms with Gasteiger partial charge in [-0.25, -0.2) is 0 Å². The van der Waals surface area contributed by atoms with Gasteiger partial charge in [0.05, 0.1) is 6.61 Å². The molecule has 0 radical (unpaired) electrons. The molecule has 0 amide bonds. The van der Waals surface area contributed by atoms with Crippen molar-refractivity contribution in [2.75, 3.05) is 33.0 Å². The average Bonchev–Trinajstić information content (AvgIpc) is 3.05. The van der Waals surface area contributed by atoms with E-state index >= 15 is 8.78 Å². The number of carbonyl (C=O) groups is 1. The van der Waals surface area contributed by atoms with Gasteiger partial charge in [-0.05, 0) is 25.7 Å². The van der Waals surface area contributed by atoms with E-state index in [9.17, 15) is 9.90 Å². The normalized spacial score (nSPS) is 23.7. The van der Waals surface area contributed by atoms with Gasteiger partial charge in [-0.15, -0.1) is 0 Å². The summed E-state index contributed by atoms with van der Waals surface area (Å²) in [7, 11) is 0. The number of ether oxygens (including phenoxy) is 5. The molecule has 0 aromatic heterocycles. The largest absolute Gasteiger partial charge is 0.379 e. The summed E-state index contributed by atoms with van der Waals surface area (Å²) in [5.74, 6) is -7.91. The van der Waals surface area contributed by atoms with Gasteiger partial charge >= 0.3 is 5.92 Å². The maximum Gasteiger partial charge on any atom is 0.329 e. The number of carbonyl (C=O) groups excluding carboxylic acids is 1. The number of hydrogen-bond acceptors (Lipinski definition) is 7. The van der Waals surface area contributed by atoms with E-state index in [1.54, 1.807) is 30.3 Å². The predicted octanol–water partition coefficient (Wildman–Crippen LogP) is 7.47. The number of halogens is 2. The molecule has 1 heterocycles. The van der Waals surface area contributed by atoms with Crippen molar-refractivity contribution in [2.45, 2.75) is 115 Å². The lowest BCUT2D eigenvalue weighted by Crippen LogP contribution is -2.72. The summed E-state index contributed by atoms with van der Waals surface area (Å²) in [5, 5.41) is 12.3. The Morgan fingerprint density at radius 1 is 0.778 bits per heavy atom. The summed E-state index contributed by atoms with van der Waals surface area (Å²) in [5.41, 5.74) is -0.646. The molecule has 2 aromatic carbocycles. The number of rotatable bonds is 21. The van der Waals surface area contributed by atoms with Crippen LogP contribution in [0.5, 0.6) is 0 Å². The van der Waals surface area contributed by atoms with Crippen molar-refractivity contribution >= 4 is 5.78 Å². The van der Waals surface area contributed by atoms with E-state index in [1.165, 1.54) is 18.2 Å². The van der Waals surface area contributed by atoms with Crippen molar-refractivity contribution in [3.8, 4) is 0 Å². The first-order valence-electron chi connectivity index (χ1n) is 16.7. The minimum Gasteiger partial charge on any atom is -0.379 e. The second kappa shape index (κ2) is 18.8. The fraction of sp³-hybridized carbons (Fsp3) is 0.639. The Morgan fingerprint density at radius 3 is 1.93 bits per heavy atom. The Morgan fingerprint density at radius 2 is 1.31 bits per heavy atom. The van der Waals surface area contributed by atoms with Gasteiger partial charge in [-0.1, -0.05) is 108 Å². The first-order valence-corrected chi connectivity index (χ1v) is 16.7. The maximum atomic E-state index is 17.2. The van der Waals surface area contributed by atoms with Crippen LogP contribution in [-0.2, 0) is 29.6 Å². The zero-order valence-corrected chi connectivity index (χ0v) is 27.4. The minimum absolute atomic E-state index is 0.0882. The lowest BCUT2D eigenvalue weighted by atomic mass is 9.83. The van der Waals surface area contributed by atoms with Gasteiger partial charge in [0, 0.05) is 43.1 Å². The molecule has 9 heteroatoms. The third-order valence-electron chi connectivity index (χ3n) is 8.04. The third-order valence-corrected chi connectivity index (χ3v) is 8.04. The molecule has 1 N–H and O–H groups in total. The van der Waals surface area contributed by atoms with Crippen molar-refractivity contribution in [1.29, 1.82) is 0 Å². The summed E-state index contributed by atoms with van der Waals surface area (Å²) in [4.78, 5) is 13.5. The van der Waals surface area contributed by atoms with Crippen molar-refractivity contribution in [2.24, 2.45) is 0 Å². The van der Waals surface area contributed by atoms with Gasteiger partial charge in [0.25, 0.3) is 5.79 Å². The number of ketones is 1. The molecule has 3 rings (SSSR count). The molecular weight excluding hydrogens is 582 g/mol. The highest BCUT2D eigenvalue weighted by atomic mass is 19.3. The van der Waals surface area contributed by atoms with Crippen molar-refractivity contribution in [3.05, 3.63) is 71.3 Å². The molecular formula is C36H52F2O7. The highest BCUT2D eigenvalue weighted by Crippen LogP contribution is 2.49. The molecule has 252 valence electrons. The molecule has 1 aliphatic heterocycles. The Hall–Kier alpha value is -2.27. The van der Waals surface area contributed by atoms with Crippen LogP contribution in [0.2, 0.25) is 0 Å². The smallest absolute Gasteiger partial charge is 0.329 e. The molecule has 0 aliphatic carbocycles. The molecule has 1 fully saturated rings. The van der Waals surface area contributed by atoms with E-state index < -0.39 is 47.5 Å². The summed E-state index contributed by atoms with van der Waals surface area (Å²) in [6.45, 7) is 9.06. The summed E-state index contributed by atoms with van der Waals surface area (Å²) >= 11 is 0. The van der Waals surface area contributed by atoms with Crippen LogP contribution in [-0.4, -0.2) is 74.1 Å². The van der Waals surface area contributed by atoms with Crippen LogP contribution in [0.4, 0.5) is 8.78 Å². The van der Waals surface area contributed by atoms with E-state index in [-0.39, 0.29) is 30.9 Å². The van der Waals surface area contributed by atoms with Gasteiger partial charge < -0.3 is 28.8 Å². The number of alkyl halides is 2. The monoisotopic (exact) mass is 634 g/mol. The molecule has 1 aliphatic rings. The molecule has 0 bridgehead atoms. The summed E-state index contributed by atoms with van der Waals surface area (Å²) in [6.07, 6.45) is 1.48. The van der Waals surface area contributed by atoms with Gasteiger partial charge in [-0.3, -0.25) is 4.79 Å². The molecule has 1 saturated heterocycles. The summed E-state index contributed by atoms with van der Waals surface area (Å²) in [6, 6.07) is 13.7. The lowest BCUT2D eigenvalue weighted by Gasteiger charge is -2.52. The van der Waals surface area contributed by atoms with Gasteiger partial charge in [0.2, 0.25) is 0 Å². The van der Waals surface area contributed by atoms with Crippen molar-refractivity contribution in [3.63, 3.8) is 0 Å². The fourth-order valence-corrected chi connectivity index (χ4v) is 5.37. The van der Waals surface area contributed by atoms with Crippen LogP contribution < -0.4 is 0 Å². The van der Waals surface area contributed by atoms with E-state index in [4.69, 9.17) is 23.7 Å². The van der Waals surface area contributed by atoms with Crippen LogP contribution >= 0.6 is 0 Å². The first-order chi connectivity index (χ1) is 21.8. The van der Waals surface area contributed by atoms with Gasteiger partial charge in [-0.2, -0.15) is 8.78 Å². The molecule has 5 atom stereocenters. The molecule has 0 unspecified atom stereocenters. The highest BCUT2D eigenvalue weighted by Gasteiger charge is 2.69. The Bertz CT molecular complexity index is 1130. The Labute approximate surface area is 267 Å². The number of benzene rings is 2. The second-order valence-electron chi connectivity index (χ2n) is 11.6. The predicted molar refractivity (Wildman–Crippen MR) is 170 cm³/mol. The topological polar surface area (TPSA) is 83.5 Å². The second-order valence-corrected chi connectivity index (χ2v) is 11.6. The van der Waals surface area contributed by atoms with Gasteiger partial charge in [0.15, 0.2) is 5.78 Å². The zero-order chi connectivity index (χ0) is 32.7. The van der Waals surface area contributed by atoms with E-state index in [2.05, 4.69) is 0 Å². The Kier molecular flexibility index (Phi) is 15.5. The minimum atomic E-state index is -4.10. The number of unbranched alkanes of at least 4 members (excludes halogenated alkanes) is 4. The standard InChI is InChI=1S/C36H52F2O7/c1-5-9-22-41-26-30-32(42-23-10-6-2)33(43-24-11-7-3)34(44-25-12-8-4)36(40,45-30)35(37,38)29-21-17-16-20-28(29)31(39)27-18-14-13-15-19-27/h13-21,30,32-34,40H,5-12,22-26H2,1-4H3/t30-,32-,33+,34-,36-/m1/s1. The fourth-order valence-electron chi connectivity index (χ4n) is 5.37. The zero-order valence-electron chi connectivity index (χ0n) is 27.4. The number of hydrogen-bond donors (Lipinski definition) is 1. The quantitative estimate of drug-likeness (QED) is 0.113.